The summed E-state index contributed by atoms with van der Waals surface area (Å²) >= 11 is 10.1. The Hall–Kier alpha value is -0.310. The lowest BCUT2D eigenvalue weighted by molar-refractivity contribution is 0.642. The van der Waals surface area contributed by atoms with Gasteiger partial charge in [-0.1, -0.05) is 5.21 Å². The predicted molar refractivity (Wildman–Crippen MR) is 74.4 cm³/mol. The zero-order chi connectivity index (χ0) is 12.6. The van der Waals surface area contributed by atoms with Crippen LogP contribution >= 0.6 is 47.8 Å². The van der Waals surface area contributed by atoms with Crippen LogP contribution in [0.25, 0.3) is 0 Å². The number of pyridine rings is 1. The molecular formula is C9H8Br3N5. The fraction of sp³-hybridized carbons (Fsp3) is 0.222. The van der Waals surface area contributed by atoms with Gasteiger partial charge in [-0.2, -0.15) is 0 Å². The minimum atomic E-state index is -0.396. The molecule has 2 aromatic rings. The third-order valence-corrected chi connectivity index (χ3v) is 3.89. The topological polar surface area (TPSA) is 69.6 Å². The summed E-state index contributed by atoms with van der Waals surface area (Å²) in [6, 6.07) is 1.51. The number of aryl methyl sites for hydroxylation is 1. The maximum atomic E-state index is 6.17. The molecule has 5 nitrogen and oxygen atoms in total. The maximum absolute atomic E-state index is 6.17. The summed E-state index contributed by atoms with van der Waals surface area (Å²) in [5.41, 5.74) is 7.69. The Morgan fingerprint density at radius 1 is 1.35 bits per heavy atom. The molecule has 0 saturated heterocycles. The molecule has 0 amide bonds. The van der Waals surface area contributed by atoms with E-state index in [1.54, 1.807) is 17.9 Å². The van der Waals surface area contributed by atoms with Crippen LogP contribution in [0.2, 0.25) is 0 Å². The van der Waals surface area contributed by atoms with Crippen LogP contribution in [0.15, 0.2) is 25.8 Å². The fourth-order valence-corrected chi connectivity index (χ4v) is 3.26. The Bertz CT molecular complexity index is 534. The van der Waals surface area contributed by atoms with Crippen LogP contribution in [0.3, 0.4) is 0 Å². The van der Waals surface area contributed by atoms with E-state index in [0.29, 0.717) is 4.60 Å². The zero-order valence-electron chi connectivity index (χ0n) is 8.73. The van der Waals surface area contributed by atoms with E-state index in [9.17, 15) is 0 Å². The minimum Gasteiger partial charge on any atom is -0.318 e. The zero-order valence-corrected chi connectivity index (χ0v) is 13.5. The Kier molecular flexibility index (Phi) is 3.96. The van der Waals surface area contributed by atoms with Crippen molar-refractivity contribution in [2.75, 3.05) is 0 Å². The monoisotopic (exact) mass is 423 g/mol. The third-order valence-electron chi connectivity index (χ3n) is 2.25. The Morgan fingerprint density at radius 3 is 2.59 bits per heavy atom. The first kappa shape index (κ1) is 13.1. The van der Waals surface area contributed by atoms with Gasteiger partial charge in [0.25, 0.3) is 0 Å². The molecular weight excluding hydrogens is 418 g/mol. The van der Waals surface area contributed by atoms with E-state index in [-0.39, 0.29) is 0 Å². The molecule has 0 bridgehead atoms. The molecule has 17 heavy (non-hydrogen) atoms. The van der Waals surface area contributed by atoms with Gasteiger partial charge < -0.3 is 5.73 Å². The van der Waals surface area contributed by atoms with Crippen molar-refractivity contribution in [3.8, 4) is 0 Å². The minimum absolute atomic E-state index is 0.396. The average Bonchev–Trinajstić information content (AvgIpc) is 2.58. The van der Waals surface area contributed by atoms with E-state index in [0.717, 1.165) is 20.3 Å². The Morgan fingerprint density at radius 2 is 2.06 bits per heavy atom. The van der Waals surface area contributed by atoms with Crippen molar-refractivity contribution in [3.05, 3.63) is 37.2 Å². The smallest absolute Gasteiger partial charge is 0.153 e. The number of aromatic nitrogens is 4. The first-order valence-corrected chi connectivity index (χ1v) is 7.00. The molecule has 2 rings (SSSR count). The van der Waals surface area contributed by atoms with Crippen molar-refractivity contribution in [2.45, 2.75) is 6.04 Å². The molecule has 0 radical (unpaired) electrons. The first-order chi connectivity index (χ1) is 8.00. The third kappa shape index (κ3) is 2.59. The number of hydrogen-bond donors (Lipinski definition) is 1. The SMILES string of the molecule is Cn1nnc(Br)c1C(N)c1ncc(Br)cc1Br. The Balaban J connectivity index is 2.47. The van der Waals surface area contributed by atoms with E-state index in [2.05, 4.69) is 63.1 Å². The molecule has 0 fully saturated rings. The second kappa shape index (κ2) is 5.13. The average molecular weight is 426 g/mol. The van der Waals surface area contributed by atoms with Crippen molar-refractivity contribution >= 4 is 47.8 Å². The maximum Gasteiger partial charge on any atom is 0.153 e. The summed E-state index contributed by atoms with van der Waals surface area (Å²) in [6.07, 6.45) is 1.71. The van der Waals surface area contributed by atoms with Gasteiger partial charge in [0.15, 0.2) is 4.60 Å². The summed E-state index contributed by atoms with van der Waals surface area (Å²) < 4.78 is 3.99. The molecule has 0 spiro atoms. The lowest BCUT2D eigenvalue weighted by Gasteiger charge is -2.13. The standard InChI is InChI=1S/C9H8Br3N5/c1-17-8(9(12)15-16-17)6(13)7-5(11)2-4(10)3-14-7/h2-3,6H,13H2,1H3. The number of rotatable bonds is 2. The van der Waals surface area contributed by atoms with E-state index < -0.39 is 6.04 Å². The largest absolute Gasteiger partial charge is 0.318 e. The molecule has 0 aliphatic rings. The van der Waals surface area contributed by atoms with Crippen LogP contribution in [-0.4, -0.2) is 20.0 Å². The van der Waals surface area contributed by atoms with Crippen molar-refractivity contribution in [3.63, 3.8) is 0 Å². The molecule has 0 aromatic carbocycles. The lowest BCUT2D eigenvalue weighted by Crippen LogP contribution is -2.18. The van der Waals surface area contributed by atoms with Crippen molar-refractivity contribution < 1.29 is 0 Å². The van der Waals surface area contributed by atoms with Gasteiger partial charge in [0, 0.05) is 22.2 Å². The van der Waals surface area contributed by atoms with Crippen LogP contribution in [0, 0.1) is 0 Å². The van der Waals surface area contributed by atoms with E-state index in [1.807, 2.05) is 6.07 Å². The fourth-order valence-electron chi connectivity index (χ4n) is 1.45. The van der Waals surface area contributed by atoms with Gasteiger partial charge in [-0.3, -0.25) is 4.98 Å². The number of nitrogens with two attached hydrogens (primary N) is 1. The van der Waals surface area contributed by atoms with Crippen molar-refractivity contribution in [1.29, 1.82) is 0 Å². The predicted octanol–water partition coefficient (Wildman–Crippen LogP) is 2.55. The van der Waals surface area contributed by atoms with Gasteiger partial charge in [0.1, 0.15) is 0 Å². The summed E-state index contributed by atoms with van der Waals surface area (Å²) in [4.78, 5) is 4.31. The molecule has 1 atom stereocenters. The molecule has 8 heteroatoms. The normalized spacial score (nSPS) is 12.8. The van der Waals surface area contributed by atoms with Gasteiger partial charge in [-0.05, 0) is 53.9 Å². The van der Waals surface area contributed by atoms with Gasteiger partial charge in [-0.25, -0.2) is 4.68 Å². The summed E-state index contributed by atoms with van der Waals surface area (Å²) in [6.45, 7) is 0. The van der Waals surface area contributed by atoms with Crippen molar-refractivity contribution in [2.24, 2.45) is 12.8 Å². The highest BCUT2D eigenvalue weighted by Gasteiger charge is 2.21. The van der Waals surface area contributed by atoms with Gasteiger partial charge in [0.2, 0.25) is 0 Å². The number of nitrogens with zero attached hydrogens (tertiary/aromatic N) is 4. The highest BCUT2D eigenvalue weighted by molar-refractivity contribution is 9.11. The van der Waals surface area contributed by atoms with E-state index in [1.165, 1.54) is 0 Å². The van der Waals surface area contributed by atoms with E-state index in [4.69, 9.17) is 5.73 Å². The molecule has 2 aromatic heterocycles. The quantitative estimate of drug-likeness (QED) is 0.802. The molecule has 0 aliphatic heterocycles. The van der Waals surface area contributed by atoms with Crippen LogP contribution in [0.5, 0.6) is 0 Å². The van der Waals surface area contributed by atoms with Crippen LogP contribution in [-0.2, 0) is 7.05 Å². The lowest BCUT2D eigenvalue weighted by atomic mass is 10.1. The molecule has 90 valence electrons. The van der Waals surface area contributed by atoms with Gasteiger partial charge in [0.05, 0.1) is 17.4 Å². The molecule has 2 N–H and O–H groups in total. The highest BCUT2D eigenvalue weighted by atomic mass is 79.9. The summed E-state index contributed by atoms with van der Waals surface area (Å²) in [7, 11) is 1.79. The second-order valence-corrected chi connectivity index (χ2v) is 5.91. The molecule has 1 unspecified atom stereocenters. The van der Waals surface area contributed by atoms with Gasteiger partial charge >= 0.3 is 0 Å². The second-order valence-electron chi connectivity index (χ2n) is 3.39. The van der Waals surface area contributed by atoms with Crippen LogP contribution < -0.4 is 5.73 Å². The number of hydrogen-bond acceptors (Lipinski definition) is 4. The highest BCUT2D eigenvalue weighted by Crippen LogP contribution is 2.29. The van der Waals surface area contributed by atoms with Crippen LogP contribution in [0.4, 0.5) is 0 Å². The van der Waals surface area contributed by atoms with Crippen molar-refractivity contribution in [1.82, 2.24) is 20.0 Å². The summed E-state index contributed by atoms with van der Waals surface area (Å²) in [5, 5.41) is 7.80. The summed E-state index contributed by atoms with van der Waals surface area (Å²) in [5.74, 6) is 0. The first-order valence-electron chi connectivity index (χ1n) is 4.62. The Labute approximate surface area is 123 Å². The van der Waals surface area contributed by atoms with Gasteiger partial charge in [-0.15, -0.1) is 5.10 Å². The van der Waals surface area contributed by atoms with Crippen LogP contribution in [0.1, 0.15) is 17.4 Å². The van der Waals surface area contributed by atoms with E-state index >= 15 is 0 Å². The molecule has 0 aliphatic carbocycles. The molecule has 2 heterocycles. The number of halogens is 3. The molecule has 0 saturated carbocycles.